The summed E-state index contributed by atoms with van der Waals surface area (Å²) < 4.78 is 0. The van der Waals surface area contributed by atoms with E-state index in [1.54, 1.807) is 0 Å². The van der Waals surface area contributed by atoms with E-state index in [4.69, 9.17) is 0 Å². The van der Waals surface area contributed by atoms with E-state index in [1.165, 1.54) is 58.0 Å². The first-order valence-corrected chi connectivity index (χ1v) is 7.28. The molecule has 3 atom stereocenters. The van der Waals surface area contributed by atoms with Gasteiger partial charge >= 0.3 is 0 Å². The molecule has 2 saturated heterocycles. The Morgan fingerprint density at radius 2 is 2.19 bits per heavy atom. The summed E-state index contributed by atoms with van der Waals surface area (Å²) in [5.41, 5.74) is 0.686. The van der Waals surface area contributed by atoms with Crippen molar-refractivity contribution in [2.75, 3.05) is 13.1 Å². The first-order chi connectivity index (χ1) is 7.81. The van der Waals surface area contributed by atoms with E-state index in [2.05, 4.69) is 17.6 Å². The minimum absolute atomic E-state index is 0.686. The van der Waals surface area contributed by atoms with Crippen molar-refractivity contribution in [2.45, 2.75) is 64.0 Å². The van der Waals surface area contributed by atoms with Crippen molar-refractivity contribution < 1.29 is 0 Å². The quantitative estimate of drug-likeness (QED) is 0.746. The molecule has 0 radical (unpaired) electrons. The maximum Gasteiger partial charge on any atom is 0.0111 e. The van der Waals surface area contributed by atoms with Gasteiger partial charge in [-0.3, -0.25) is 0 Å². The predicted molar refractivity (Wildman–Crippen MR) is 67.5 cm³/mol. The molecule has 3 fully saturated rings. The Bertz CT molecular complexity index is 242. The van der Waals surface area contributed by atoms with Crippen LogP contribution in [-0.2, 0) is 0 Å². The van der Waals surface area contributed by atoms with Crippen LogP contribution in [0.3, 0.4) is 0 Å². The van der Waals surface area contributed by atoms with Crippen molar-refractivity contribution in [1.29, 1.82) is 0 Å². The van der Waals surface area contributed by atoms with Crippen LogP contribution < -0.4 is 10.6 Å². The standard InChI is InChI=1S/C14H26N2/c1-2-14(6-3-7-14)10-15-9-11-8-12-4-5-13(11)16-12/h11-13,15-16H,2-10H2,1H3. The second-order valence-electron chi connectivity index (χ2n) is 6.38. The number of fused-ring (bicyclic) bond motifs is 2. The Balaban J connectivity index is 1.40. The molecule has 2 N–H and O–H groups in total. The van der Waals surface area contributed by atoms with E-state index in [1.807, 2.05) is 0 Å². The summed E-state index contributed by atoms with van der Waals surface area (Å²) in [6, 6.07) is 1.71. The molecule has 3 unspecified atom stereocenters. The van der Waals surface area contributed by atoms with Crippen LogP contribution in [0.1, 0.15) is 51.9 Å². The lowest BCUT2D eigenvalue weighted by Crippen LogP contribution is -2.42. The van der Waals surface area contributed by atoms with Gasteiger partial charge in [0.05, 0.1) is 0 Å². The van der Waals surface area contributed by atoms with Gasteiger partial charge in [0.2, 0.25) is 0 Å². The lowest BCUT2D eigenvalue weighted by atomic mass is 9.67. The highest BCUT2D eigenvalue weighted by Gasteiger charge is 2.39. The van der Waals surface area contributed by atoms with Gasteiger partial charge in [0.1, 0.15) is 0 Å². The summed E-state index contributed by atoms with van der Waals surface area (Å²) in [5.74, 6) is 0.924. The van der Waals surface area contributed by atoms with Crippen LogP contribution in [0, 0.1) is 11.3 Å². The lowest BCUT2D eigenvalue weighted by molar-refractivity contribution is 0.121. The predicted octanol–water partition coefficient (Wildman–Crippen LogP) is 2.30. The third-order valence-corrected chi connectivity index (χ3v) is 5.50. The summed E-state index contributed by atoms with van der Waals surface area (Å²) >= 11 is 0. The van der Waals surface area contributed by atoms with E-state index in [0.29, 0.717) is 5.41 Å². The maximum absolute atomic E-state index is 3.77. The van der Waals surface area contributed by atoms with Crippen molar-refractivity contribution in [3.05, 3.63) is 0 Å². The molecule has 2 bridgehead atoms. The highest BCUT2D eigenvalue weighted by atomic mass is 15.0. The van der Waals surface area contributed by atoms with E-state index >= 15 is 0 Å². The molecule has 3 rings (SSSR count). The van der Waals surface area contributed by atoms with Crippen molar-refractivity contribution in [2.24, 2.45) is 11.3 Å². The molecule has 3 aliphatic rings. The SMILES string of the molecule is CCC1(CNCC2CC3CCC2N3)CCC1. The zero-order chi connectivity index (χ0) is 11.0. The van der Waals surface area contributed by atoms with E-state index in [-0.39, 0.29) is 0 Å². The first kappa shape index (κ1) is 11.0. The molecule has 0 spiro atoms. The lowest BCUT2D eigenvalue weighted by Gasteiger charge is -2.42. The number of hydrogen-bond donors (Lipinski definition) is 2. The molecule has 2 aliphatic heterocycles. The second-order valence-corrected chi connectivity index (χ2v) is 6.38. The fraction of sp³-hybridized carbons (Fsp3) is 1.00. The van der Waals surface area contributed by atoms with Gasteiger partial charge in [-0.2, -0.15) is 0 Å². The van der Waals surface area contributed by atoms with Crippen molar-refractivity contribution >= 4 is 0 Å². The maximum atomic E-state index is 3.77. The topological polar surface area (TPSA) is 24.1 Å². The molecule has 2 nitrogen and oxygen atoms in total. The Morgan fingerprint density at radius 1 is 1.31 bits per heavy atom. The van der Waals surface area contributed by atoms with Gasteiger partial charge in [0.15, 0.2) is 0 Å². The van der Waals surface area contributed by atoms with Gasteiger partial charge in [0, 0.05) is 18.6 Å². The fourth-order valence-corrected chi connectivity index (χ4v) is 4.02. The van der Waals surface area contributed by atoms with E-state index < -0.39 is 0 Å². The summed E-state index contributed by atoms with van der Waals surface area (Å²) in [7, 11) is 0. The fourth-order valence-electron chi connectivity index (χ4n) is 4.02. The monoisotopic (exact) mass is 222 g/mol. The highest BCUT2D eigenvalue weighted by molar-refractivity contribution is 4.98. The molecule has 2 heteroatoms. The summed E-state index contributed by atoms with van der Waals surface area (Å²) in [4.78, 5) is 0. The summed E-state index contributed by atoms with van der Waals surface area (Å²) in [6.07, 6.45) is 10.0. The Hall–Kier alpha value is -0.0800. The van der Waals surface area contributed by atoms with Crippen LogP contribution in [-0.4, -0.2) is 25.2 Å². The van der Waals surface area contributed by atoms with Gasteiger partial charge in [-0.1, -0.05) is 13.3 Å². The zero-order valence-corrected chi connectivity index (χ0v) is 10.6. The van der Waals surface area contributed by atoms with Gasteiger partial charge in [-0.15, -0.1) is 0 Å². The Kier molecular flexibility index (Phi) is 2.97. The minimum atomic E-state index is 0.686. The normalized spacial score (nSPS) is 39.9. The van der Waals surface area contributed by atoms with Crippen LogP contribution in [0.15, 0.2) is 0 Å². The molecule has 1 aliphatic carbocycles. The molecule has 16 heavy (non-hydrogen) atoms. The summed E-state index contributed by atoms with van der Waals surface area (Å²) in [5, 5.41) is 7.49. The molecule has 0 aromatic heterocycles. The second kappa shape index (κ2) is 4.30. The van der Waals surface area contributed by atoms with Crippen molar-refractivity contribution in [3.8, 4) is 0 Å². The van der Waals surface area contributed by atoms with Crippen LogP contribution in [0.2, 0.25) is 0 Å². The summed E-state index contributed by atoms with van der Waals surface area (Å²) in [6.45, 7) is 4.90. The van der Waals surface area contributed by atoms with Crippen LogP contribution in [0.5, 0.6) is 0 Å². The molecule has 0 amide bonds. The van der Waals surface area contributed by atoms with Crippen molar-refractivity contribution in [3.63, 3.8) is 0 Å². The Labute approximate surface area is 99.6 Å². The number of nitrogens with one attached hydrogen (secondary N) is 2. The van der Waals surface area contributed by atoms with Crippen LogP contribution in [0.4, 0.5) is 0 Å². The number of hydrogen-bond acceptors (Lipinski definition) is 2. The van der Waals surface area contributed by atoms with Crippen LogP contribution >= 0.6 is 0 Å². The van der Waals surface area contributed by atoms with Gasteiger partial charge in [-0.05, 0) is 56.4 Å². The molecule has 0 aromatic rings. The molecular weight excluding hydrogens is 196 g/mol. The van der Waals surface area contributed by atoms with Gasteiger partial charge < -0.3 is 10.6 Å². The van der Waals surface area contributed by atoms with E-state index in [0.717, 1.165) is 18.0 Å². The average Bonchev–Trinajstić information content (AvgIpc) is 2.83. The minimum Gasteiger partial charge on any atom is -0.316 e. The molecule has 0 aromatic carbocycles. The Morgan fingerprint density at radius 3 is 2.69 bits per heavy atom. The smallest absolute Gasteiger partial charge is 0.0111 e. The average molecular weight is 222 g/mol. The van der Waals surface area contributed by atoms with E-state index in [9.17, 15) is 0 Å². The highest BCUT2D eigenvalue weighted by Crippen LogP contribution is 2.43. The van der Waals surface area contributed by atoms with Crippen molar-refractivity contribution in [1.82, 2.24) is 10.6 Å². The largest absolute Gasteiger partial charge is 0.316 e. The molecule has 92 valence electrons. The molecular formula is C14H26N2. The van der Waals surface area contributed by atoms with Crippen LogP contribution in [0.25, 0.3) is 0 Å². The first-order valence-electron chi connectivity index (χ1n) is 7.28. The molecule has 2 heterocycles. The number of rotatable bonds is 5. The van der Waals surface area contributed by atoms with Gasteiger partial charge in [0.25, 0.3) is 0 Å². The zero-order valence-electron chi connectivity index (χ0n) is 10.6. The molecule has 1 saturated carbocycles. The third-order valence-electron chi connectivity index (χ3n) is 5.50. The van der Waals surface area contributed by atoms with Gasteiger partial charge in [-0.25, -0.2) is 0 Å². The third kappa shape index (κ3) is 1.91.